The van der Waals surface area contributed by atoms with Crippen molar-refractivity contribution in [1.82, 2.24) is 0 Å². The molecule has 10 heteroatoms. The van der Waals surface area contributed by atoms with Crippen LogP contribution in [0, 0.1) is 39.4 Å². The Labute approximate surface area is 286 Å². The zero-order valence-corrected chi connectivity index (χ0v) is 30.6. The Balaban J connectivity index is 1.46. The van der Waals surface area contributed by atoms with Crippen LogP contribution in [0.2, 0.25) is 0 Å². The van der Waals surface area contributed by atoms with E-state index in [1.54, 1.807) is 13.8 Å². The average Bonchev–Trinajstić information content (AvgIpc) is 3.20. The molecular weight excluding hydrogens is 616 g/mol. The second-order valence-corrected chi connectivity index (χ2v) is 18.1. The van der Waals surface area contributed by atoms with E-state index in [0.29, 0.717) is 12.8 Å². The molecule has 0 spiro atoms. The van der Waals surface area contributed by atoms with Crippen LogP contribution in [0.4, 0.5) is 0 Å². The van der Waals surface area contributed by atoms with Gasteiger partial charge in [-0.25, -0.2) is 0 Å². The lowest BCUT2D eigenvalue weighted by molar-refractivity contribution is -0.247. The number of hydrogen-bond acceptors (Lipinski definition) is 9. The van der Waals surface area contributed by atoms with Gasteiger partial charge in [-0.1, -0.05) is 45.8 Å². The average molecular weight is 677 g/mol. The number of ether oxygens (including phenoxy) is 3. The zero-order valence-electron chi connectivity index (χ0n) is 30.6. The van der Waals surface area contributed by atoms with Crippen LogP contribution < -0.4 is 0 Å². The minimum Gasteiger partial charge on any atom is -0.481 e. The number of aliphatic hydroxyl groups is 3. The molecule has 1 saturated heterocycles. The molecule has 3 unspecified atom stereocenters. The number of carboxylic acid groups (broad SMARTS) is 1. The second-order valence-electron chi connectivity index (χ2n) is 18.1. The number of carboxylic acids is 1. The molecule has 11 atom stereocenters. The first-order valence-electron chi connectivity index (χ1n) is 18.1. The third kappa shape index (κ3) is 6.26. The Kier molecular flexibility index (Phi) is 9.58. The number of fused-ring (bicyclic) bond motifs is 4. The molecule has 0 aromatic rings. The molecule has 4 aliphatic carbocycles. The Morgan fingerprint density at radius 2 is 1.56 bits per heavy atom. The molecule has 5 rings (SSSR count). The summed E-state index contributed by atoms with van der Waals surface area (Å²) >= 11 is 0. The second kappa shape index (κ2) is 12.3. The van der Waals surface area contributed by atoms with Gasteiger partial charge in [0.2, 0.25) is 0 Å². The van der Waals surface area contributed by atoms with Crippen molar-refractivity contribution in [2.45, 2.75) is 169 Å². The van der Waals surface area contributed by atoms with Crippen molar-refractivity contribution < 1.29 is 49.0 Å². The van der Waals surface area contributed by atoms with Crippen LogP contribution in [0.5, 0.6) is 0 Å². The summed E-state index contributed by atoms with van der Waals surface area (Å²) in [6, 6.07) is 0. The first-order valence-corrected chi connectivity index (χ1v) is 18.1. The van der Waals surface area contributed by atoms with Gasteiger partial charge < -0.3 is 34.6 Å². The van der Waals surface area contributed by atoms with E-state index < -0.39 is 72.0 Å². The molecule has 272 valence electrons. The zero-order chi connectivity index (χ0) is 35.8. The summed E-state index contributed by atoms with van der Waals surface area (Å²) in [5.41, 5.74) is -0.857. The molecular formula is C38H60O10. The van der Waals surface area contributed by atoms with Crippen molar-refractivity contribution in [3.05, 3.63) is 11.1 Å². The van der Waals surface area contributed by atoms with E-state index in [2.05, 4.69) is 34.6 Å². The van der Waals surface area contributed by atoms with Crippen LogP contribution in [0.15, 0.2) is 11.1 Å². The predicted octanol–water partition coefficient (Wildman–Crippen LogP) is 5.69. The van der Waals surface area contributed by atoms with Gasteiger partial charge in [0.05, 0.1) is 30.1 Å². The van der Waals surface area contributed by atoms with Crippen LogP contribution >= 0.6 is 0 Å². The topological polar surface area (TPSA) is 160 Å². The van der Waals surface area contributed by atoms with E-state index in [1.165, 1.54) is 25.0 Å². The molecule has 1 aliphatic heterocycles. The van der Waals surface area contributed by atoms with Crippen molar-refractivity contribution in [1.29, 1.82) is 0 Å². The molecule has 0 bridgehead atoms. The van der Waals surface area contributed by atoms with Crippen molar-refractivity contribution >= 4 is 17.9 Å². The quantitative estimate of drug-likeness (QED) is 0.186. The van der Waals surface area contributed by atoms with Gasteiger partial charge in [0.1, 0.15) is 12.2 Å². The molecule has 0 amide bonds. The highest BCUT2D eigenvalue weighted by Gasteiger charge is 2.66. The number of aliphatic carboxylic acids is 1. The monoisotopic (exact) mass is 676 g/mol. The molecule has 10 nitrogen and oxygen atoms in total. The van der Waals surface area contributed by atoms with Gasteiger partial charge in [0.15, 0.2) is 6.29 Å². The van der Waals surface area contributed by atoms with Crippen molar-refractivity contribution in [3.63, 3.8) is 0 Å². The van der Waals surface area contributed by atoms with E-state index in [1.807, 2.05) is 0 Å². The molecule has 5 aliphatic rings. The fourth-order valence-corrected chi connectivity index (χ4v) is 11.7. The fraction of sp³-hybridized carbons (Fsp3) is 0.868. The molecule has 2 saturated carbocycles. The van der Waals surface area contributed by atoms with Gasteiger partial charge in [0.25, 0.3) is 0 Å². The molecule has 3 fully saturated rings. The van der Waals surface area contributed by atoms with Crippen LogP contribution in [-0.4, -0.2) is 74.1 Å². The highest BCUT2D eigenvalue weighted by atomic mass is 16.6. The standard InChI is InChI=1S/C38H60O10/c1-21(39)46-31-26(47-30(42)20-35(6,45)19-29(40)41)18-36(7)24-15-17-37(8)23(22-10-13-28(34(4,5)44)48-32(22)43)14-16-38(37,9)25(24)11-12-27(36)33(31,2)3/h22-23,26-28,31-32,43-45H,10-20H2,1-9H3,(H,40,41)/t22?,23-,26-,27?,28-,31+,32-,35?,36-,37-,38+/m1/s1. The van der Waals surface area contributed by atoms with Gasteiger partial charge in [-0.3, -0.25) is 14.4 Å². The molecule has 0 radical (unpaired) electrons. The maximum absolute atomic E-state index is 13.3. The number of esters is 2. The summed E-state index contributed by atoms with van der Waals surface area (Å²) in [7, 11) is 0. The fourth-order valence-electron chi connectivity index (χ4n) is 11.7. The lowest BCUT2D eigenvalue weighted by atomic mass is 9.43. The van der Waals surface area contributed by atoms with Crippen LogP contribution in [0.3, 0.4) is 0 Å². The van der Waals surface area contributed by atoms with Gasteiger partial charge >= 0.3 is 17.9 Å². The summed E-state index contributed by atoms with van der Waals surface area (Å²) in [5, 5.41) is 41.6. The summed E-state index contributed by atoms with van der Waals surface area (Å²) in [4.78, 5) is 36.9. The first-order chi connectivity index (χ1) is 22.0. The van der Waals surface area contributed by atoms with Crippen LogP contribution in [0.25, 0.3) is 0 Å². The maximum atomic E-state index is 13.3. The highest BCUT2D eigenvalue weighted by molar-refractivity contribution is 5.74. The van der Waals surface area contributed by atoms with Crippen molar-refractivity contribution in [3.8, 4) is 0 Å². The lowest BCUT2D eigenvalue weighted by Gasteiger charge is -2.63. The summed E-state index contributed by atoms with van der Waals surface area (Å²) in [6.07, 6.45) is 3.88. The van der Waals surface area contributed by atoms with Gasteiger partial charge in [0, 0.05) is 18.3 Å². The minimum atomic E-state index is -1.77. The van der Waals surface area contributed by atoms with Crippen LogP contribution in [0.1, 0.15) is 133 Å². The van der Waals surface area contributed by atoms with Gasteiger partial charge in [-0.05, 0) is 107 Å². The Morgan fingerprint density at radius 1 is 0.896 bits per heavy atom. The van der Waals surface area contributed by atoms with E-state index >= 15 is 0 Å². The number of rotatable bonds is 8. The van der Waals surface area contributed by atoms with E-state index in [9.17, 15) is 34.8 Å². The first kappa shape index (κ1) is 37.3. The Bertz CT molecular complexity index is 1330. The summed E-state index contributed by atoms with van der Waals surface area (Å²) < 4.78 is 18.1. The smallest absolute Gasteiger partial charge is 0.309 e. The molecule has 1 heterocycles. The number of allylic oxidation sites excluding steroid dienone is 2. The minimum absolute atomic E-state index is 0.00438. The third-order valence-corrected chi connectivity index (χ3v) is 14.1. The summed E-state index contributed by atoms with van der Waals surface area (Å²) in [6.45, 7) is 17.5. The van der Waals surface area contributed by atoms with E-state index in [4.69, 9.17) is 14.2 Å². The molecule has 48 heavy (non-hydrogen) atoms. The van der Waals surface area contributed by atoms with Crippen molar-refractivity contribution in [2.75, 3.05) is 0 Å². The number of carbonyl (C=O) groups excluding carboxylic acids is 2. The molecule has 0 aromatic carbocycles. The number of hydrogen-bond donors (Lipinski definition) is 4. The van der Waals surface area contributed by atoms with Crippen LogP contribution in [-0.2, 0) is 28.6 Å². The summed E-state index contributed by atoms with van der Waals surface area (Å²) in [5.74, 6) is -1.93. The lowest BCUT2D eigenvalue weighted by Crippen LogP contribution is -2.61. The third-order valence-electron chi connectivity index (χ3n) is 14.1. The number of carbonyl (C=O) groups is 3. The predicted molar refractivity (Wildman–Crippen MR) is 177 cm³/mol. The highest BCUT2D eigenvalue weighted by Crippen LogP contribution is 2.73. The number of aliphatic hydroxyl groups excluding tert-OH is 1. The molecule has 0 aromatic heterocycles. The van der Waals surface area contributed by atoms with E-state index in [-0.39, 0.29) is 34.0 Å². The SMILES string of the molecule is CC(=O)O[C@H]1[C@H](OC(=O)CC(C)(O)CC(=O)O)C[C@]2(C)C3=C(CCC2C1(C)C)[C@]1(C)CC[C@H](C2CC[C@H](C(C)(C)O)O[C@H]2O)[C@@]1(C)CC3. The Morgan fingerprint density at radius 3 is 2.15 bits per heavy atom. The Hall–Kier alpha value is -2.01. The largest absolute Gasteiger partial charge is 0.481 e. The maximum Gasteiger partial charge on any atom is 0.309 e. The van der Waals surface area contributed by atoms with Gasteiger partial charge in [-0.2, -0.15) is 0 Å². The van der Waals surface area contributed by atoms with Gasteiger partial charge in [-0.15, -0.1) is 0 Å². The van der Waals surface area contributed by atoms with E-state index in [0.717, 1.165) is 44.9 Å². The van der Waals surface area contributed by atoms with Crippen molar-refractivity contribution in [2.24, 2.45) is 39.4 Å². The normalized spacial score (nSPS) is 42.1. The molecule has 4 N–H and O–H groups in total.